The van der Waals surface area contributed by atoms with Gasteiger partial charge in [-0.1, -0.05) is 54.0 Å². The van der Waals surface area contributed by atoms with Crippen LogP contribution in [-0.4, -0.2) is 22.9 Å². The Labute approximate surface area is 168 Å². The summed E-state index contributed by atoms with van der Waals surface area (Å²) in [4.78, 5) is 19.5. The Morgan fingerprint density at radius 3 is 2.54 bits per heavy atom. The maximum absolute atomic E-state index is 13.2. The number of amides is 1. The first-order chi connectivity index (χ1) is 12.3. The molecule has 3 nitrogen and oxygen atoms in total. The van der Waals surface area contributed by atoms with Gasteiger partial charge in [-0.15, -0.1) is 0 Å². The fourth-order valence-corrected chi connectivity index (χ4v) is 4.00. The molecule has 1 atom stereocenters. The Hall–Kier alpha value is -1.49. The summed E-state index contributed by atoms with van der Waals surface area (Å²) < 4.78 is 0. The molecule has 26 heavy (non-hydrogen) atoms. The van der Waals surface area contributed by atoms with Crippen molar-refractivity contribution in [2.24, 2.45) is 4.99 Å². The van der Waals surface area contributed by atoms with Crippen LogP contribution >= 0.6 is 35.0 Å². The number of hydrogen-bond donors (Lipinski definition) is 0. The Morgan fingerprint density at radius 1 is 1.15 bits per heavy atom. The zero-order chi connectivity index (χ0) is 18.8. The largest absolute Gasteiger partial charge is 0.274 e. The highest BCUT2D eigenvalue weighted by Crippen LogP contribution is 2.30. The highest BCUT2D eigenvalue weighted by Gasteiger charge is 2.27. The van der Waals surface area contributed by atoms with Crippen LogP contribution in [0, 0.1) is 13.8 Å². The number of aryl methyl sites for hydroxylation is 2. The van der Waals surface area contributed by atoms with Gasteiger partial charge in [0.1, 0.15) is 0 Å². The molecule has 0 radical (unpaired) electrons. The molecule has 0 N–H and O–H groups in total. The van der Waals surface area contributed by atoms with Crippen LogP contribution in [0.5, 0.6) is 0 Å². The van der Waals surface area contributed by atoms with Crippen molar-refractivity contribution in [2.45, 2.75) is 32.4 Å². The van der Waals surface area contributed by atoms with E-state index >= 15 is 0 Å². The quantitative estimate of drug-likeness (QED) is 0.656. The van der Waals surface area contributed by atoms with Gasteiger partial charge in [0.05, 0.1) is 28.7 Å². The standard InChI is InChI=1S/C20H20Cl2N2OS/c1-12-4-6-16(8-13(12)2)24(20-23-11-14(3)26-20)19(25)10-15-5-7-17(21)18(22)9-15/h4-9,14H,10-11H2,1-3H3. The van der Waals surface area contributed by atoms with E-state index in [4.69, 9.17) is 23.2 Å². The number of carbonyl (C=O) groups is 1. The monoisotopic (exact) mass is 406 g/mol. The van der Waals surface area contributed by atoms with Gasteiger partial charge in [-0.05, 0) is 54.8 Å². The molecule has 1 heterocycles. The first kappa shape index (κ1) is 19.3. The predicted octanol–water partition coefficient (Wildman–Crippen LogP) is 5.68. The second kappa shape index (κ2) is 8.03. The van der Waals surface area contributed by atoms with Crippen LogP contribution in [0.2, 0.25) is 10.0 Å². The number of rotatable bonds is 3. The summed E-state index contributed by atoms with van der Waals surface area (Å²) in [6.07, 6.45) is 0.234. The Bertz CT molecular complexity index is 882. The maximum atomic E-state index is 13.2. The summed E-state index contributed by atoms with van der Waals surface area (Å²) in [5.41, 5.74) is 4.01. The number of amidine groups is 1. The van der Waals surface area contributed by atoms with Crippen LogP contribution in [-0.2, 0) is 11.2 Å². The van der Waals surface area contributed by atoms with Crippen molar-refractivity contribution in [3.05, 3.63) is 63.1 Å². The van der Waals surface area contributed by atoms with Gasteiger partial charge in [-0.3, -0.25) is 14.7 Å². The molecule has 0 aliphatic carbocycles. The van der Waals surface area contributed by atoms with Crippen LogP contribution in [0.15, 0.2) is 41.4 Å². The number of hydrogen-bond acceptors (Lipinski definition) is 3. The molecule has 0 saturated carbocycles. The molecule has 2 aromatic carbocycles. The van der Waals surface area contributed by atoms with Crippen molar-refractivity contribution in [3.8, 4) is 0 Å². The molecule has 3 rings (SSSR count). The molecule has 6 heteroatoms. The second-order valence-corrected chi connectivity index (χ2v) is 8.69. The van der Waals surface area contributed by atoms with Gasteiger partial charge < -0.3 is 0 Å². The summed E-state index contributed by atoms with van der Waals surface area (Å²) >= 11 is 13.7. The van der Waals surface area contributed by atoms with Crippen LogP contribution in [0.3, 0.4) is 0 Å². The lowest BCUT2D eigenvalue weighted by Crippen LogP contribution is -2.36. The molecule has 2 aromatic rings. The van der Waals surface area contributed by atoms with E-state index in [1.54, 1.807) is 28.8 Å². The summed E-state index contributed by atoms with van der Waals surface area (Å²) in [6, 6.07) is 11.3. The van der Waals surface area contributed by atoms with E-state index in [0.29, 0.717) is 15.3 Å². The molecule has 0 aromatic heterocycles. The summed E-state index contributed by atoms with van der Waals surface area (Å²) in [7, 11) is 0. The van der Waals surface area contributed by atoms with Crippen molar-refractivity contribution in [1.29, 1.82) is 0 Å². The number of anilines is 1. The second-order valence-electron chi connectivity index (χ2n) is 6.47. The SMILES string of the molecule is Cc1ccc(N(C(=O)Cc2ccc(Cl)c(Cl)c2)C2=NCC(C)S2)cc1C. The number of thioether (sulfide) groups is 1. The van der Waals surface area contributed by atoms with E-state index in [2.05, 4.69) is 18.8 Å². The van der Waals surface area contributed by atoms with Crippen LogP contribution in [0.4, 0.5) is 5.69 Å². The lowest BCUT2D eigenvalue weighted by Gasteiger charge is -2.23. The van der Waals surface area contributed by atoms with E-state index in [0.717, 1.165) is 28.5 Å². The van der Waals surface area contributed by atoms with Crippen LogP contribution in [0.25, 0.3) is 0 Å². The average Bonchev–Trinajstić information content (AvgIpc) is 3.00. The fraction of sp³-hybridized carbons (Fsp3) is 0.300. The normalized spacial score (nSPS) is 16.5. The molecule has 0 fully saturated rings. The molecule has 1 amide bonds. The molecule has 0 bridgehead atoms. The lowest BCUT2D eigenvalue weighted by molar-refractivity contribution is -0.117. The summed E-state index contributed by atoms with van der Waals surface area (Å²) in [5.74, 6) is -0.0352. The van der Waals surface area contributed by atoms with E-state index in [-0.39, 0.29) is 12.3 Å². The number of aliphatic imine (C=N–C) groups is 1. The number of benzene rings is 2. The fourth-order valence-electron chi connectivity index (χ4n) is 2.71. The molecule has 1 aliphatic heterocycles. The Morgan fingerprint density at radius 2 is 1.92 bits per heavy atom. The van der Waals surface area contributed by atoms with Gasteiger partial charge >= 0.3 is 0 Å². The van der Waals surface area contributed by atoms with Crippen molar-refractivity contribution < 1.29 is 4.79 Å². The highest BCUT2D eigenvalue weighted by atomic mass is 35.5. The zero-order valence-corrected chi connectivity index (χ0v) is 17.3. The van der Waals surface area contributed by atoms with Gasteiger partial charge in [-0.25, -0.2) is 0 Å². The number of nitrogens with zero attached hydrogens (tertiary/aromatic N) is 2. The molecular weight excluding hydrogens is 387 g/mol. The van der Waals surface area contributed by atoms with Crippen LogP contribution < -0.4 is 4.90 Å². The average molecular weight is 407 g/mol. The van der Waals surface area contributed by atoms with Crippen molar-refractivity contribution >= 4 is 51.7 Å². The zero-order valence-electron chi connectivity index (χ0n) is 14.9. The molecule has 1 unspecified atom stereocenters. The molecular formula is C20H20Cl2N2OS. The smallest absolute Gasteiger partial charge is 0.237 e. The first-order valence-corrected chi connectivity index (χ1v) is 10.0. The van der Waals surface area contributed by atoms with E-state index in [9.17, 15) is 4.79 Å². The third-order valence-corrected chi connectivity index (χ3v) is 6.13. The highest BCUT2D eigenvalue weighted by molar-refractivity contribution is 8.15. The third-order valence-electron chi connectivity index (χ3n) is 4.32. The summed E-state index contributed by atoms with van der Waals surface area (Å²) in [5, 5.41) is 2.07. The van der Waals surface area contributed by atoms with Crippen molar-refractivity contribution in [1.82, 2.24) is 0 Å². The van der Waals surface area contributed by atoms with Gasteiger partial charge in [0.15, 0.2) is 5.17 Å². The van der Waals surface area contributed by atoms with Gasteiger partial charge in [-0.2, -0.15) is 0 Å². The first-order valence-electron chi connectivity index (χ1n) is 8.40. The molecule has 0 saturated heterocycles. The van der Waals surface area contributed by atoms with Crippen molar-refractivity contribution in [3.63, 3.8) is 0 Å². The van der Waals surface area contributed by atoms with Gasteiger partial charge in [0, 0.05) is 5.25 Å². The minimum atomic E-state index is -0.0352. The van der Waals surface area contributed by atoms with E-state index in [1.807, 2.05) is 31.2 Å². The Kier molecular flexibility index (Phi) is 5.96. The van der Waals surface area contributed by atoms with Crippen LogP contribution in [0.1, 0.15) is 23.6 Å². The summed E-state index contributed by atoms with van der Waals surface area (Å²) in [6.45, 7) is 6.95. The molecule has 1 aliphatic rings. The minimum absolute atomic E-state index is 0.0352. The predicted molar refractivity (Wildman–Crippen MR) is 113 cm³/mol. The molecule has 136 valence electrons. The topological polar surface area (TPSA) is 32.7 Å². The molecule has 0 spiro atoms. The number of carbonyl (C=O) groups excluding carboxylic acids is 1. The lowest BCUT2D eigenvalue weighted by atomic mass is 10.1. The van der Waals surface area contributed by atoms with Gasteiger partial charge in [0.2, 0.25) is 5.91 Å². The third kappa shape index (κ3) is 4.25. The van der Waals surface area contributed by atoms with E-state index < -0.39 is 0 Å². The van der Waals surface area contributed by atoms with Crippen molar-refractivity contribution in [2.75, 3.05) is 11.4 Å². The van der Waals surface area contributed by atoms with E-state index in [1.165, 1.54) is 5.56 Å². The maximum Gasteiger partial charge on any atom is 0.237 e. The number of halogens is 2. The minimum Gasteiger partial charge on any atom is -0.274 e. The van der Waals surface area contributed by atoms with Gasteiger partial charge in [0.25, 0.3) is 0 Å². The Balaban J connectivity index is 1.93.